The summed E-state index contributed by atoms with van der Waals surface area (Å²) in [4.78, 5) is 30.7. The van der Waals surface area contributed by atoms with Crippen molar-refractivity contribution >= 4 is 45.5 Å². The normalized spacial score (nSPS) is 13.8. The van der Waals surface area contributed by atoms with Crippen LogP contribution in [0.15, 0.2) is 67.3 Å². The van der Waals surface area contributed by atoms with E-state index >= 15 is 0 Å². The number of nitrogens with zero attached hydrogens (tertiary/aromatic N) is 5. The molecule has 0 spiro atoms. The van der Waals surface area contributed by atoms with Crippen LogP contribution >= 0.6 is 11.6 Å². The van der Waals surface area contributed by atoms with E-state index in [0.29, 0.717) is 41.0 Å². The van der Waals surface area contributed by atoms with Crippen molar-refractivity contribution in [2.75, 3.05) is 42.2 Å². The number of piperidine rings is 1. The molecule has 4 aromatic rings. The molecule has 198 valence electrons. The number of nitrogens with two attached hydrogens (primary N) is 1. The molecule has 1 fully saturated rings. The number of ketones is 1. The number of Topliss-reactive ketones (excluding diaryl/α,β-unsaturated/α-hetero) is 1. The van der Waals surface area contributed by atoms with Gasteiger partial charge in [-0.3, -0.25) is 9.78 Å². The van der Waals surface area contributed by atoms with Crippen LogP contribution in [-0.2, 0) is 6.42 Å². The quantitative estimate of drug-likeness (QED) is 0.277. The Balaban J connectivity index is 0.00000336. The number of fused-ring (bicyclic) bond motifs is 1. The number of nitrogen functional groups attached to an aromatic ring is 1. The summed E-state index contributed by atoms with van der Waals surface area (Å²) in [5, 5.41) is 2.42. The van der Waals surface area contributed by atoms with E-state index in [2.05, 4.69) is 43.0 Å². The molecule has 0 unspecified atom stereocenters. The van der Waals surface area contributed by atoms with Gasteiger partial charge < -0.3 is 15.5 Å². The number of carbonyl (C=O) groups excluding carboxylic acids is 1. The van der Waals surface area contributed by atoms with Gasteiger partial charge in [0.1, 0.15) is 11.6 Å². The van der Waals surface area contributed by atoms with E-state index in [1.54, 1.807) is 18.5 Å². The predicted octanol–water partition coefficient (Wildman–Crippen LogP) is 6.06. The second-order valence-electron chi connectivity index (χ2n) is 9.72. The number of aromatic nitrogens is 3. The van der Waals surface area contributed by atoms with Crippen molar-refractivity contribution in [2.45, 2.75) is 33.1 Å². The molecule has 1 saturated heterocycles. The Kier molecular flexibility index (Phi) is 8.79. The van der Waals surface area contributed by atoms with E-state index in [-0.39, 0.29) is 13.2 Å². The fourth-order valence-corrected chi connectivity index (χ4v) is 5.30. The van der Waals surface area contributed by atoms with Gasteiger partial charge in [-0.15, -0.1) is 0 Å². The Labute approximate surface area is 229 Å². The van der Waals surface area contributed by atoms with E-state index in [1.165, 1.54) is 5.69 Å². The first-order valence-corrected chi connectivity index (χ1v) is 13.0. The van der Waals surface area contributed by atoms with Crippen molar-refractivity contribution < 1.29 is 4.79 Å². The molecule has 0 atom stereocenters. The number of pyridine rings is 3. The molecule has 8 heteroatoms. The minimum absolute atomic E-state index is 0. The zero-order chi connectivity index (χ0) is 25.8. The second-order valence-corrected chi connectivity index (χ2v) is 10.2. The summed E-state index contributed by atoms with van der Waals surface area (Å²) >= 11 is 6.27. The fraction of sp³-hybridized carbons (Fsp3) is 0.333. The van der Waals surface area contributed by atoms with Gasteiger partial charge >= 0.3 is 0 Å². The standard InChI is InChI=1S/C29H31ClN6O.CH4/c1-35(19-21-9-14-36(15-10-21)24-7-11-32-12-8-24)29-26(17-23(30)18-34-29)27(37)5-3-20-2-4-25-22(16-20)6-13-33-28(25)31;/h2,4,6-8,11-13,16-18,21H,3,5,9-10,14-15,19H2,1H3,(H2,31,33);1H4. The van der Waals surface area contributed by atoms with E-state index in [4.69, 9.17) is 17.3 Å². The van der Waals surface area contributed by atoms with Crippen molar-refractivity contribution in [1.29, 1.82) is 0 Å². The highest BCUT2D eigenvalue weighted by molar-refractivity contribution is 6.31. The van der Waals surface area contributed by atoms with Gasteiger partial charge in [0, 0.05) is 69.0 Å². The first kappa shape index (κ1) is 27.3. The van der Waals surface area contributed by atoms with E-state index in [0.717, 1.165) is 48.8 Å². The first-order chi connectivity index (χ1) is 18.0. The van der Waals surface area contributed by atoms with Crippen LogP contribution in [0.1, 0.15) is 42.6 Å². The number of rotatable bonds is 8. The summed E-state index contributed by atoms with van der Waals surface area (Å²) in [5.74, 6) is 1.78. The molecule has 7 nitrogen and oxygen atoms in total. The zero-order valence-electron chi connectivity index (χ0n) is 21.0. The summed E-state index contributed by atoms with van der Waals surface area (Å²) in [6, 6.07) is 13.9. The molecule has 4 heterocycles. The van der Waals surface area contributed by atoms with Crippen molar-refractivity contribution in [3.05, 3.63) is 83.4 Å². The lowest BCUT2D eigenvalue weighted by molar-refractivity contribution is 0.0983. The highest BCUT2D eigenvalue weighted by Crippen LogP contribution is 2.28. The Hall–Kier alpha value is -3.71. The summed E-state index contributed by atoms with van der Waals surface area (Å²) in [6.07, 6.45) is 10.2. The first-order valence-electron chi connectivity index (χ1n) is 12.7. The van der Waals surface area contributed by atoms with Crippen molar-refractivity contribution in [3.63, 3.8) is 0 Å². The van der Waals surface area contributed by atoms with Crippen LogP contribution in [0.3, 0.4) is 0 Å². The van der Waals surface area contributed by atoms with Crippen LogP contribution in [0.5, 0.6) is 0 Å². The van der Waals surface area contributed by atoms with Crippen LogP contribution in [0.25, 0.3) is 10.8 Å². The largest absolute Gasteiger partial charge is 0.383 e. The molecule has 0 aliphatic carbocycles. The maximum Gasteiger partial charge on any atom is 0.166 e. The highest BCUT2D eigenvalue weighted by Gasteiger charge is 2.23. The van der Waals surface area contributed by atoms with Crippen LogP contribution in [0.2, 0.25) is 5.02 Å². The Morgan fingerprint density at radius 3 is 2.61 bits per heavy atom. The van der Waals surface area contributed by atoms with Gasteiger partial charge in [0.05, 0.1) is 10.6 Å². The van der Waals surface area contributed by atoms with E-state index in [9.17, 15) is 4.79 Å². The summed E-state index contributed by atoms with van der Waals surface area (Å²) in [5.41, 5.74) is 8.86. The lowest BCUT2D eigenvalue weighted by Gasteiger charge is -2.35. The average Bonchev–Trinajstić information content (AvgIpc) is 2.92. The summed E-state index contributed by atoms with van der Waals surface area (Å²) in [6.45, 7) is 2.87. The van der Waals surface area contributed by atoms with E-state index < -0.39 is 0 Å². The topological polar surface area (TPSA) is 88.2 Å². The molecule has 1 aliphatic rings. The molecule has 3 aromatic heterocycles. The smallest absolute Gasteiger partial charge is 0.166 e. The molecule has 2 N–H and O–H groups in total. The molecule has 1 aliphatic heterocycles. The Bertz CT molecular complexity index is 1390. The maximum absolute atomic E-state index is 13.3. The average molecular weight is 531 g/mol. The third-order valence-corrected chi connectivity index (χ3v) is 7.38. The molecular formula is C30H35ClN6O. The van der Waals surface area contributed by atoms with Crippen LogP contribution < -0.4 is 15.5 Å². The number of aryl methyl sites for hydroxylation is 1. The summed E-state index contributed by atoms with van der Waals surface area (Å²) in [7, 11) is 2.02. The lowest BCUT2D eigenvalue weighted by atomic mass is 9.95. The van der Waals surface area contributed by atoms with Crippen molar-refractivity contribution in [1.82, 2.24) is 15.0 Å². The molecule has 0 amide bonds. The van der Waals surface area contributed by atoms with Gasteiger partial charge in [-0.25, -0.2) is 9.97 Å². The third kappa shape index (κ3) is 6.22. The lowest BCUT2D eigenvalue weighted by Crippen LogP contribution is -2.38. The SMILES string of the molecule is C.CN(CC1CCN(c2ccncc2)CC1)c1ncc(Cl)cc1C(=O)CCc1ccc2c(N)nccc2c1. The number of halogens is 1. The molecule has 1 aromatic carbocycles. The molecule has 0 radical (unpaired) electrons. The number of hydrogen-bond acceptors (Lipinski definition) is 7. The number of benzene rings is 1. The van der Waals surface area contributed by atoms with Crippen LogP contribution in [-0.4, -0.2) is 47.4 Å². The van der Waals surface area contributed by atoms with Gasteiger partial charge in [-0.2, -0.15) is 0 Å². The van der Waals surface area contributed by atoms with E-state index in [1.807, 2.05) is 37.6 Å². The van der Waals surface area contributed by atoms with Crippen LogP contribution in [0.4, 0.5) is 17.3 Å². The van der Waals surface area contributed by atoms with Gasteiger partial charge in [0.25, 0.3) is 0 Å². The second kappa shape index (κ2) is 12.2. The van der Waals surface area contributed by atoms with Gasteiger partial charge in [-0.1, -0.05) is 37.2 Å². The Morgan fingerprint density at radius 1 is 1.08 bits per heavy atom. The highest BCUT2D eigenvalue weighted by atomic mass is 35.5. The minimum atomic E-state index is 0. The number of hydrogen-bond donors (Lipinski definition) is 1. The fourth-order valence-electron chi connectivity index (χ4n) is 5.14. The van der Waals surface area contributed by atoms with Gasteiger partial charge in [-0.05, 0) is 60.4 Å². The Morgan fingerprint density at radius 2 is 1.84 bits per heavy atom. The monoisotopic (exact) mass is 530 g/mol. The molecule has 0 bridgehead atoms. The van der Waals surface area contributed by atoms with Gasteiger partial charge in [0.15, 0.2) is 5.78 Å². The molecule has 38 heavy (non-hydrogen) atoms. The number of carbonyl (C=O) groups is 1. The molecule has 5 rings (SSSR count). The van der Waals surface area contributed by atoms with Crippen LogP contribution in [0, 0.1) is 5.92 Å². The molecular weight excluding hydrogens is 496 g/mol. The zero-order valence-corrected chi connectivity index (χ0v) is 21.7. The van der Waals surface area contributed by atoms with Crippen molar-refractivity contribution in [3.8, 4) is 0 Å². The maximum atomic E-state index is 13.3. The predicted molar refractivity (Wildman–Crippen MR) is 157 cm³/mol. The minimum Gasteiger partial charge on any atom is -0.383 e. The third-order valence-electron chi connectivity index (χ3n) is 7.17. The van der Waals surface area contributed by atoms with Gasteiger partial charge in [0.2, 0.25) is 0 Å². The number of anilines is 3. The summed E-state index contributed by atoms with van der Waals surface area (Å²) < 4.78 is 0. The molecule has 0 saturated carbocycles. The van der Waals surface area contributed by atoms with Crippen molar-refractivity contribution in [2.24, 2.45) is 5.92 Å².